The Balaban J connectivity index is 1.99. The number of amides is 1. The van der Waals surface area contributed by atoms with Crippen LogP contribution in [-0.4, -0.2) is 25.8 Å². The maximum absolute atomic E-state index is 12.4. The zero-order chi connectivity index (χ0) is 18.4. The minimum atomic E-state index is -0.428. The Bertz CT molecular complexity index is 982. The normalized spacial score (nSPS) is 11.7. The highest BCUT2D eigenvalue weighted by Crippen LogP contribution is 2.29. The van der Waals surface area contributed by atoms with E-state index in [2.05, 4.69) is 10.3 Å². The van der Waals surface area contributed by atoms with Crippen LogP contribution in [0.5, 0.6) is 0 Å². The average molecular weight is 358 g/mol. The lowest BCUT2D eigenvalue weighted by molar-refractivity contribution is -0.384. The van der Waals surface area contributed by atoms with Crippen LogP contribution in [0.2, 0.25) is 0 Å². The van der Waals surface area contributed by atoms with E-state index in [-0.39, 0.29) is 17.1 Å². The number of aryl methyl sites for hydroxylation is 1. The maximum Gasteiger partial charge on any atom is 0.270 e. The lowest BCUT2D eigenvalue weighted by Crippen LogP contribution is -2.40. The molecule has 0 saturated heterocycles. The number of nitro groups is 1. The summed E-state index contributed by atoms with van der Waals surface area (Å²) in [5.41, 5.74) is 1.82. The van der Waals surface area contributed by atoms with E-state index < -0.39 is 4.92 Å². The largest absolute Gasteiger partial charge is 0.347 e. The Hall–Kier alpha value is -2.74. The first-order valence-electron chi connectivity index (χ1n) is 7.71. The van der Waals surface area contributed by atoms with Crippen LogP contribution >= 0.6 is 11.3 Å². The van der Waals surface area contributed by atoms with Crippen LogP contribution in [0.3, 0.4) is 0 Å². The number of carbonyl (C=O) groups is 1. The second kappa shape index (κ2) is 5.96. The van der Waals surface area contributed by atoms with Gasteiger partial charge < -0.3 is 5.32 Å². The Morgan fingerprint density at radius 2 is 2.08 bits per heavy atom. The van der Waals surface area contributed by atoms with E-state index in [1.807, 2.05) is 32.1 Å². The number of benzene rings is 1. The van der Waals surface area contributed by atoms with Crippen molar-refractivity contribution >= 4 is 27.9 Å². The summed E-state index contributed by atoms with van der Waals surface area (Å²) >= 11 is 1.30. The van der Waals surface area contributed by atoms with Gasteiger partial charge in [-0.1, -0.05) is 23.5 Å². The van der Waals surface area contributed by atoms with Crippen molar-refractivity contribution < 1.29 is 9.72 Å². The predicted molar refractivity (Wildman–Crippen MR) is 97.1 cm³/mol. The third kappa shape index (κ3) is 3.39. The summed E-state index contributed by atoms with van der Waals surface area (Å²) in [6.45, 7) is 7.65. The number of hydrogen-bond donors (Lipinski definition) is 1. The van der Waals surface area contributed by atoms with Crippen molar-refractivity contribution in [1.82, 2.24) is 14.7 Å². The molecule has 0 aliphatic carbocycles. The number of fused-ring (bicyclic) bond motifs is 1. The van der Waals surface area contributed by atoms with Crippen molar-refractivity contribution in [1.29, 1.82) is 0 Å². The van der Waals surface area contributed by atoms with Gasteiger partial charge in [-0.25, -0.2) is 4.98 Å². The molecule has 0 aliphatic rings. The van der Waals surface area contributed by atoms with Crippen LogP contribution < -0.4 is 5.32 Å². The van der Waals surface area contributed by atoms with Crippen molar-refractivity contribution in [2.24, 2.45) is 0 Å². The highest BCUT2D eigenvalue weighted by Gasteiger charge is 2.22. The van der Waals surface area contributed by atoms with E-state index in [9.17, 15) is 14.9 Å². The first-order valence-corrected chi connectivity index (χ1v) is 8.53. The van der Waals surface area contributed by atoms with Gasteiger partial charge in [0.25, 0.3) is 11.6 Å². The molecule has 0 unspecified atom stereocenters. The number of nitrogens with zero attached hydrogens (tertiary/aromatic N) is 3. The van der Waals surface area contributed by atoms with Crippen molar-refractivity contribution in [3.63, 3.8) is 0 Å². The standard InChI is InChI=1S/C17H18N4O3S/c1-10-14(15(22)19-17(2,3)4)25-16-18-13(9-20(10)16)11-6-5-7-12(8-11)21(23)24/h5-9H,1-4H3,(H,19,22). The molecular weight excluding hydrogens is 340 g/mol. The molecule has 2 aromatic heterocycles. The molecule has 0 spiro atoms. The van der Waals surface area contributed by atoms with E-state index in [0.29, 0.717) is 21.1 Å². The average Bonchev–Trinajstić information content (AvgIpc) is 3.06. The summed E-state index contributed by atoms with van der Waals surface area (Å²) in [6.07, 6.45) is 1.80. The van der Waals surface area contributed by atoms with Gasteiger partial charge in [0.05, 0.1) is 10.6 Å². The van der Waals surface area contributed by atoms with E-state index in [0.717, 1.165) is 5.69 Å². The van der Waals surface area contributed by atoms with Crippen LogP contribution in [0, 0.1) is 17.0 Å². The molecule has 1 N–H and O–H groups in total. The third-order valence-corrected chi connectivity index (χ3v) is 4.76. The number of nitrogens with one attached hydrogen (secondary N) is 1. The Labute approximate surface area is 148 Å². The van der Waals surface area contributed by atoms with Gasteiger partial charge in [-0.15, -0.1) is 0 Å². The summed E-state index contributed by atoms with van der Waals surface area (Å²) in [4.78, 5) is 28.7. The molecule has 3 aromatic rings. The van der Waals surface area contributed by atoms with E-state index in [4.69, 9.17) is 0 Å². The second-order valence-electron chi connectivity index (χ2n) is 6.81. The summed E-state index contributed by atoms with van der Waals surface area (Å²) in [6, 6.07) is 6.36. The third-order valence-electron chi connectivity index (χ3n) is 3.60. The van der Waals surface area contributed by atoms with Crippen LogP contribution in [0.1, 0.15) is 36.1 Å². The zero-order valence-electron chi connectivity index (χ0n) is 14.4. The SMILES string of the molecule is Cc1c(C(=O)NC(C)(C)C)sc2nc(-c3cccc([N+](=O)[O-])c3)cn12. The van der Waals surface area contributed by atoms with Gasteiger partial charge in [-0.05, 0) is 27.7 Å². The molecule has 0 atom stereocenters. The van der Waals surface area contributed by atoms with Crippen molar-refractivity contribution in [2.45, 2.75) is 33.2 Å². The molecule has 7 nitrogen and oxygen atoms in total. The van der Waals surface area contributed by atoms with Gasteiger partial charge in [-0.3, -0.25) is 19.3 Å². The van der Waals surface area contributed by atoms with E-state index in [1.165, 1.54) is 23.5 Å². The minimum absolute atomic E-state index is 0.0239. The molecule has 0 saturated carbocycles. The number of nitro benzene ring substituents is 1. The van der Waals surface area contributed by atoms with Gasteiger partial charge in [0.2, 0.25) is 0 Å². The topological polar surface area (TPSA) is 89.5 Å². The quantitative estimate of drug-likeness (QED) is 0.569. The minimum Gasteiger partial charge on any atom is -0.347 e. The maximum atomic E-state index is 12.4. The number of non-ortho nitro benzene ring substituents is 1. The highest BCUT2D eigenvalue weighted by atomic mass is 32.1. The van der Waals surface area contributed by atoms with Crippen molar-refractivity contribution in [2.75, 3.05) is 0 Å². The molecular formula is C17H18N4O3S. The van der Waals surface area contributed by atoms with Gasteiger partial charge in [-0.2, -0.15) is 0 Å². The number of thiazole rings is 1. The Kier molecular flexibility index (Phi) is 4.08. The first kappa shape index (κ1) is 17.1. The van der Waals surface area contributed by atoms with E-state index in [1.54, 1.807) is 18.3 Å². The fraction of sp³-hybridized carbons (Fsp3) is 0.294. The summed E-state index contributed by atoms with van der Waals surface area (Å²) in [5.74, 6) is -0.127. The van der Waals surface area contributed by atoms with Crippen LogP contribution in [0.25, 0.3) is 16.2 Å². The van der Waals surface area contributed by atoms with Gasteiger partial charge in [0, 0.05) is 35.1 Å². The number of carbonyl (C=O) groups excluding carboxylic acids is 1. The molecule has 2 heterocycles. The number of aromatic nitrogens is 2. The first-order chi connectivity index (χ1) is 11.7. The number of hydrogen-bond acceptors (Lipinski definition) is 5. The second-order valence-corrected chi connectivity index (χ2v) is 7.78. The molecule has 0 bridgehead atoms. The van der Waals surface area contributed by atoms with Crippen molar-refractivity contribution in [3.8, 4) is 11.3 Å². The van der Waals surface area contributed by atoms with Crippen LogP contribution in [0.4, 0.5) is 5.69 Å². The summed E-state index contributed by atoms with van der Waals surface area (Å²) in [5, 5.41) is 13.9. The molecule has 25 heavy (non-hydrogen) atoms. The molecule has 1 amide bonds. The predicted octanol–water partition coefficient (Wildman–Crippen LogP) is 3.81. The smallest absolute Gasteiger partial charge is 0.270 e. The van der Waals surface area contributed by atoms with Gasteiger partial charge in [0.1, 0.15) is 4.88 Å². The van der Waals surface area contributed by atoms with E-state index >= 15 is 0 Å². The van der Waals surface area contributed by atoms with Gasteiger partial charge >= 0.3 is 0 Å². The Morgan fingerprint density at radius 1 is 1.36 bits per heavy atom. The van der Waals surface area contributed by atoms with Crippen LogP contribution in [0.15, 0.2) is 30.5 Å². The molecule has 0 aliphatic heterocycles. The fourth-order valence-corrected chi connectivity index (χ4v) is 3.48. The summed E-state index contributed by atoms with van der Waals surface area (Å²) in [7, 11) is 0. The summed E-state index contributed by atoms with van der Waals surface area (Å²) < 4.78 is 1.84. The molecule has 0 fully saturated rings. The fourth-order valence-electron chi connectivity index (χ4n) is 2.48. The molecule has 3 rings (SSSR count). The number of imidazole rings is 1. The molecule has 0 radical (unpaired) electrons. The molecule has 130 valence electrons. The van der Waals surface area contributed by atoms with Crippen LogP contribution in [-0.2, 0) is 0 Å². The Morgan fingerprint density at radius 3 is 2.68 bits per heavy atom. The monoisotopic (exact) mass is 358 g/mol. The van der Waals surface area contributed by atoms with Crippen molar-refractivity contribution in [3.05, 3.63) is 51.1 Å². The highest BCUT2D eigenvalue weighted by molar-refractivity contribution is 7.19. The van der Waals surface area contributed by atoms with Gasteiger partial charge in [0.15, 0.2) is 4.96 Å². The lowest BCUT2D eigenvalue weighted by atomic mass is 10.1. The number of rotatable bonds is 3. The molecule has 1 aromatic carbocycles. The lowest BCUT2D eigenvalue weighted by Gasteiger charge is -2.20. The zero-order valence-corrected chi connectivity index (χ0v) is 15.2. The molecule has 8 heteroatoms.